The number of aromatic amines is 1. The number of nitro groups is 1. The van der Waals surface area contributed by atoms with Crippen LogP contribution in [0.4, 0.5) is 11.4 Å². The maximum absolute atomic E-state index is 13.4. The third kappa shape index (κ3) is 3.05. The highest BCUT2D eigenvalue weighted by molar-refractivity contribution is 6.10. The molecule has 4 rings (SSSR count). The van der Waals surface area contributed by atoms with Crippen molar-refractivity contribution in [1.29, 1.82) is 0 Å². The Bertz CT molecular complexity index is 1040. The number of anilines is 1. The SMILES string of the molecule is CCCc1cnc(C2Cc3ccccc3N2C(=O)c2ccccc2[N+](=O)[O-])[nH]1. The molecule has 1 unspecified atom stereocenters. The molecule has 1 aliphatic rings. The van der Waals surface area contributed by atoms with Crippen molar-refractivity contribution in [2.75, 3.05) is 4.90 Å². The minimum absolute atomic E-state index is 0.0783. The van der Waals surface area contributed by atoms with Gasteiger partial charge in [0.25, 0.3) is 11.6 Å². The average Bonchev–Trinajstić information content (AvgIpc) is 3.32. The van der Waals surface area contributed by atoms with E-state index >= 15 is 0 Å². The Morgan fingerprint density at radius 2 is 2.00 bits per heavy atom. The quantitative estimate of drug-likeness (QED) is 0.533. The molecule has 1 amide bonds. The molecule has 3 aromatic rings. The fourth-order valence-electron chi connectivity index (χ4n) is 3.74. The molecule has 7 heteroatoms. The summed E-state index contributed by atoms with van der Waals surface area (Å²) in [6, 6.07) is 13.4. The van der Waals surface area contributed by atoms with Crippen molar-refractivity contribution in [2.45, 2.75) is 32.2 Å². The van der Waals surface area contributed by atoms with E-state index in [0.29, 0.717) is 12.2 Å². The molecular formula is C21H20N4O3. The molecule has 0 saturated carbocycles. The van der Waals surface area contributed by atoms with Gasteiger partial charge in [0.1, 0.15) is 11.4 Å². The molecule has 0 radical (unpaired) electrons. The van der Waals surface area contributed by atoms with Gasteiger partial charge in [-0.05, 0) is 24.1 Å². The van der Waals surface area contributed by atoms with Gasteiger partial charge in [0, 0.05) is 30.1 Å². The number of hydrogen-bond donors (Lipinski definition) is 1. The zero-order chi connectivity index (χ0) is 19.7. The standard InChI is InChI=1S/C21H20N4O3/c1-2-7-15-13-22-20(23-15)19-12-14-8-3-5-10-17(14)24(19)21(26)16-9-4-6-11-18(16)25(27)28/h3-6,8-11,13,19H,2,7,12H2,1H3,(H,22,23). The summed E-state index contributed by atoms with van der Waals surface area (Å²) >= 11 is 0. The van der Waals surface area contributed by atoms with Crippen LogP contribution in [0.1, 0.15) is 46.8 Å². The van der Waals surface area contributed by atoms with Crippen LogP contribution >= 0.6 is 0 Å². The van der Waals surface area contributed by atoms with Crippen LogP contribution in [-0.4, -0.2) is 20.8 Å². The van der Waals surface area contributed by atoms with E-state index in [1.54, 1.807) is 23.2 Å². The molecule has 142 valence electrons. The Hall–Kier alpha value is -3.48. The molecule has 0 saturated heterocycles. The summed E-state index contributed by atoms with van der Waals surface area (Å²) in [6.07, 6.45) is 4.28. The summed E-state index contributed by atoms with van der Waals surface area (Å²) in [5.74, 6) is 0.308. The van der Waals surface area contributed by atoms with Gasteiger partial charge in [-0.2, -0.15) is 0 Å². The molecular weight excluding hydrogens is 356 g/mol. The first kappa shape index (κ1) is 17.9. The van der Waals surface area contributed by atoms with Crippen LogP contribution in [0.15, 0.2) is 54.7 Å². The number of fused-ring (bicyclic) bond motifs is 1. The first-order valence-electron chi connectivity index (χ1n) is 9.28. The number of rotatable bonds is 5. The van der Waals surface area contributed by atoms with Crippen molar-refractivity contribution in [2.24, 2.45) is 0 Å². The maximum Gasteiger partial charge on any atom is 0.282 e. The molecule has 28 heavy (non-hydrogen) atoms. The van der Waals surface area contributed by atoms with Crippen molar-refractivity contribution in [3.63, 3.8) is 0 Å². The van der Waals surface area contributed by atoms with E-state index in [-0.39, 0.29) is 17.3 Å². The van der Waals surface area contributed by atoms with Gasteiger partial charge in [0.2, 0.25) is 0 Å². The van der Waals surface area contributed by atoms with Gasteiger partial charge >= 0.3 is 0 Å². The smallest absolute Gasteiger partial charge is 0.282 e. The molecule has 7 nitrogen and oxygen atoms in total. The normalized spacial score (nSPS) is 15.5. The number of nitro benzene ring substituents is 1. The number of aryl methyl sites for hydroxylation is 1. The van der Waals surface area contributed by atoms with Gasteiger partial charge < -0.3 is 4.98 Å². The summed E-state index contributed by atoms with van der Waals surface area (Å²) in [5.41, 5.74) is 2.69. The molecule has 2 aromatic carbocycles. The second-order valence-corrected chi connectivity index (χ2v) is 6.84. The van der Waals surface area contributed by atoms with Crippen molar-refractivity contribution >= 4 is 17.3 Å². The summed E-state index contributed by atoms with van der Waals surface area (Å²) in [7, 11) is 0. The van der Waals surface area contributed by atoms with E-state index in [2.05, 4.69) is 16.9 Å². The maximum atomic E-state index is 13.4. The zero-order valence-electron chi connectivity index (χ0n) is 15.5. The number of benzene rings is 2. The predicted octanol–water partition coefficient (Wildman–Crippen LogP) is 4.21. The number of carbonyl (C=O) groups excluding carboxylic acids is 1. The monoisotopic (exact) mass is 376 g/mol. The first-order chi connectivity index (χ1) is 13.6. The van der Waals surface area contributed by atoms with E-state index in [1.165, 1.54) is 12.1 Å². The number of hydrogen-bond acceptors (Lipinski definition) is 4. The fourth-order valence-corrected chi connectivity index (χ4v) is 3.74. The van der Waals surface area contributed by atoms with Gasteiger partial charge in [-0.15, -0.1) is 0 Å². The van der Waals surface area contributed by atoms with Crippen molar-refractivity contribution in [1.82, 2.24) is 9.97 Å². The summed E-state index contributed by atoms with van der Waals surface area (Å²) in [5, 5.41) is 11.4. The molecule has 0 fully saturated rings. The van der Waals surface area contributed by atoms with E-state index in [4.69, 9.17) is 0 Å². The number of carbonyl (C=O) groups is 1. The molecule has 1 N–H and O–H groups in total. The third-order valence-electron chi connectivity index (χ3n) is 5.01. The number of nitrogens with zero attached hydrogens (tertiary/aromatic N) is 3. The lowest BCUT2D eigenvalue weighted by Crippen LogP contribution is -2.33. The Balaban J connectivity index is 1.78. The summed E-state index contributed by atoms with van der Waals surface area (Å²) in [6.45, 7) is 2.09. The lowest BCUT2D eigenvalue weighted by Gasteiger charge is -2.24. The highest BCUT2D eigenvalue weighted by atomic mass is 16.6. The van der Waals surface area contributed by atoms with Crippen LogP contribution in [0.2, 0.25) is 0 Å². The van der Waals surface area contributed by atoms with Crippen molar-refractivity contribution in [3.8, 4) is 0 Å². The highest BCUT2D eigenvalue weighted by Gasteiger charge is 2.38. The number of amides is 1. The molecule has 0 spiro atoms. The van der Waals surface area contributed by atoms with Gasteiger partial charge in [-0.3, -0.25) is 19.8 Å². The number of imidazole rings is 1. The molecule has 0 aliphatic carbocycles. The molecule has 1 aliphatic heterocycles. The van der Waals surface area contributed by atoms with E-state index in [0.717, 1.165) is 29.8 Å². The van der Waals surface area contributed by atoms with Crippen LogP contribution < -0.4 is 4.90 Å². The fraction of sp³-hybridized carbons (Fsp3) is 0.238. The highest BCUT2D eigenvalue weighted by Crippen LogP contribution is 2.41. The number of para-hydroxylation sites is 2. The molecule has 0 bridgehead atoms. The Labute approximate surface area is 162 Å². The van der Waals surface area contributed by atoms with Crippen molar-refractivity contribution < 1.29 is 9.72 Å². The first-order valence-corrected chi connectivity index (χ1v) is 9.28. The number of aromatic nitrogens is 2. The lowest BCUT2D eigenvalue weighted by molar-refractivity contribution is -0.385. The predicted molar refractivity (Wildman–Crippen MR) is 105 cm³/mol. The average molecular weight is 376 g/mol. The van der Waals surface area contributed by atoms with E-state index in [1.807, 2.05) is 24.3 Å². The molecule has 2 heterocycles. The Morgan fingerprint density at radius 3 is 2.79 bits per heavy atom. The minimum atomic E-state index is -0.517. The second-order valence-electron chi connectivity index (χ2n) is 6.84. The van der Waals surface area contributed by atoms with E-state index < -0.39 is 10.8 Å². The number of nitrogens with one attached hydrogen (secondary N) is 1. The molecule has 1 atom stereocenters. The van der Waals surface area contributed by atoms with Crippen LogP contribution in [0.25, 0.3) is 0 Å². The van der Waals surface area contributed by atoms with Gasteiger partial charge in [0.15, 0.2) is 0 Å². The van der Waals surface area contributed by atoms with Gasteiger partial charge in [-0.1, -0.05) is 43.7 Å². The summed E-state index contributed by atoms with van der Waals surface area (Å²) < 4.78 is 0. The third-order valence-corrected chi connectivity index (χ3v) is 5.01. The van der Waals surface area contributed by atoms with Crippen LogP contribution in [0.5, 0.6) is 0 Å². The lowest BCUT2D eigenvalue weighted by atomic mass is 10.1. The Kier molecular flexibility index (Phi) is 4.65. The molecule has 1 aromatic heterocycles. The zero-order valence-corrected chi connectivity index (χ0v) is 15.5. The van der Waals surface area contributed by atoms with Crippen LogP contribution in [0, 0.1) is 10.1 Å². The summed E-state index contributed by atoms with van der Waals surface area (Å²) in [4.78, 5) is 33.8. The minimum Gasteiger partial charge on any atom is -0.344 e. The van der Waals surface area contributed by atoms with Crippen LogP contribution in [0.3, 0.4) is 0 Å². The van der Waals surface area contributed by atoms with Crippen LogP contribution in [-0.2, 0) is 12.8 Å². The Morgan fingerprint density at radius 1 is 1.25 bits per heavy atom. The van der Waals surface area contributed by atoms with Gasteiger partial charge in [0.05, 0.1) is 11.0 Å². The largest absolute Gasteiger partial charge is 0.344 e. The topological polar surface area (TPSA) is 92.1 Å². The van der Waals surface area contributed by atoms with Crippen molar-refractivity contribution in [3.05, 3.63) is 87.5 Å². The number of H-pyrrole nitrogens is 1. The second kappa shape index (κ2) is 7.26. The van der Waals surface area contributed by atoms with E-state index in [9.17, 15) is 14.9 Å². The van der Waals surface area contributed by atoms with Gasteiger partial charge in [-0.25, -0.2) is 4.98 Å².